The van der Waals surface area contributed by atoms with Crippen molar-refractivity contribution in [2.24, 2.45) is 0 Å². The number of carbonyl (C=O) groups excluding carboxylic acids is 2. The number of esters is 1. The molecule has 0 heterocycles. The quantitative estimate of drug-likeness (QED) is 0.0320. The third-order valence-electron chi connectivity index (χ3n) is 18.5. The van der Waals surface area contributed by atoms with Gasteiger partial charge in [-0.1, -0.05) is 378 Å². The van der Waals surface area contributed by atoms with Crippen LogP contribution in [0.4, 0.5) is 0 Å². The van der Waals surface area contributed by atoms with Gasteiger partial charge >= 0.3 is 5.97 Å². The normalized spacial score (nSPS) is 12.6. The van der Waals surface area contributed by atoms with E-state index in [0.717, 1.165) is 38.5 Å². The SMILES string of the molecule is CCCCCCCC/C=C\CCCCCCCCCCCC(=O)OCCCCCCCCCCCCCCCC/C=C\CCCCCCCCCCCCCCCCCCCC(=O)NC(CO)C(O)CCCCCCCCCCCCCCCC. The van der Waals surface area contributed by atoms with E-state index in [1.165, 1.54) is 372 Å². The van der Waals surface area contributed by atoms with Crippen molar-refractivity contribution in [3.8, 4) is 0 Å². The molecule has 0 spiro atoms. The van der Waals surface area contributed by atoms with Gasteiger partial charge in [-0.15, -0.1) is 0 Å². The Morgan fingerprint density at radius 3 is 0.835 bits per heavy atom. The molecule has 2 atom stereocenters. The summed E-state index contributed by atoms with van der Waals surface area (Å²) >= 11 is 0. The second-order valence-electron chi connectivity index (χ2n) is 27.0. The van der Waals surface area contributed by atoms with Crippen LogP contribution in [-0.4, -0.2) is 47.4 Å². The average Bonchev–Trinajstić information content (AvgIpc) is 3.51. The van der Waals surface area contributed by atoms with Crippen LogP contribution < -0.4 is 5.32 Å². The summed E-state index contributed by atoms with van der Waals surface area (Å²) in [7, 11) is 0. The van der Waals surface area contributed by atoms with E-state index in [2.05, 4.69) is 43.5 Å². The summed E-state index contributed by atoms with van der Waals surface area (Å²) in [5, 5.41) is 23.3. The van der Waals surface area contributed by atoms with Gasteiger partial charge in [-0.3, -0.25) is 9.59 Å². The molecular formula is C79H153NO5. The van der Waals surface area contributed by atoms with Crippen molar-refractivity contribution in [2.75, 3.05) is 13.2 Å². The smallest absolute Gasteiger partial charge is 0.305 e. The summed E-state index contributed by atoms with van der Waals surface area (Å²) in [5.41, 5.74) is 0. The van der Waals surface area contributed by atoms with Gasteiger partial charge in [0, 0.05) is 12.8 Å². The molecule has 85 heavy (non-hydrogen) atoms. The summed E-state index contributed by atoms with van der Waals surface area (Å²) in [4.78, 5) is 24.6. The highest BCUT2D eigenvalue weighted by Crippen LogP contribution is 2.20. The largest absolute Gasteiger partial charge is 0.466 e. The third kappa shape index (κ3) is 71.3. The molecule has 0 rings (SSSR count). The van der Waals surface area contributed by atoms with Crippen LogP contribution in [0.5, 0.6) is 0 Å². The fourth-order valence-electron chi connectivity index (χ4n) is 12.5. The van der Waals surface area contributed by atoms with E-state index < -0.39 is 12.1 Å². The van der Waals surface area contributed by atoms with Crippen LogP contribution in [0, 0.1) is 0 Å². The predicted octanol–water partition coefficient (Wildman–Crippen LogP) is 25.7. The third-order valence-corrected chi connectivity index (χ3v) is 18.5. The first-order valence-electron chi connectivity index (χ1n) is 39.1. The number of aliphatic hydroxyl groups excluding tert-OH is 2. The molecule has 0 aliphatic carbocycles. The first kappa shape index (κ1) is 83.3. The minimum absolute atomic E-state index is 0.0207. The molecule has 0 saturated carbocycles. The van der Waals surface area contributed by atoms with Gasteiger partial charge in [-0.05, 0) is 77.0 Å². The van der Waals surface area contributed by atoms with E-state index in [1.807, 2.05) is 0 Å². The number of hydrogen-bond acceptors (Lipinski definition) is 5. The number of nitrogens with one attached hydrogen (secondary N) is 1. The second kappa shape index (κ2) is 74.8. The Labute approximate surface area is 532 Å². The number of hydrogen-bond donors (Lipinski definition) is 3. The van der Waals surface area contributed by atoms with Crippen LogP contribution in [0.15, 0.2) is 24.3 Å². The zero-order chi connectivity index (χ0) is 61.3. The summed E-state index contributed by atoms with van der Waals surface area (Å²) in [6, 6.07) is -0.538. The van der Waals surface area contributed by atoms with E-state index in [0.29, 0.717) is 25.9 Å². The maximum atomic E-state index is 12.5. The molecule has 2 unspecified atom stereocenters. The molecule has 0 aromatic heterocycles. The number of ether oxygens (including phenoxy) is 1. The minimum Gasteiger partial charge on any atom is -0.466 e. The highest BCUT2D eigenvalue weighted by molar-refractivity contribution is 5.76. The Morgan fingerprint density at radius 1 is 0.318 bits per heavy atom. The molecule has 0 bridgehead atoms. The van der Waals surface area contributed by atoms with Crippen molar-refractivity contribution >= 4 is 11.9 Å². The summed E-state index contributed by atoms with van der Waals surface area (Å²) in [6.07, 6.45) is 95.6. The molecule has 0 aliphatic rings. The van der Waals surface area contributed by atoms with Crippen LogP contribution in [0.1, 0.15) is 444 Å². The van der Waals surface area contributed by atoms with E-state index in [-0.39, 0.29) is 18.5 Å². The van der Waals surface area contributed by atoms with E-state index in [9.17, 15) is 19.8 Å². The molecular weight excluding hydrogens is 1040 g/mol. The first-order chi connectivity index (χ1) is 42.0. The van der Waals surface area contributed by atoms with Crippen molar-refractivity contribution in [1.29, 1.82) is 0 Å². The lowest BCUT2D eigenvalue weighted by Gasteiger charge is -2.22. The Morgan fingerprint density at radius 2 is 0.553 bits per heavy atom. The molecule has 0 saturated heterocycles. The molecule has 3 N–H and O–H groups in total. The number of allylic oxidation sites excluding steroid dienone is 4. The van der Waals surface area contributed by atoms with Gasteiger partial charge in [0.15, 0.2) is 0 Å². The maximum absolute atomic E-state index is 12.5. The lowest BCUT2D eigenvalue weighted by molar-refractivity contribution is -0.143. The highest BCUT2D eigenvalue weighted by Gasteiger charge is 2.20. The summed E-state index contributed by atoms with van der Waals surface area (Å²) in [6.45, 7) is 4.99. The Hall–Kier alpha value is -1.66. The molecule has 0 radical (unpaired) electrons. The lowest BCUT2D eigenvalue weighted by atomic mass is 10.0. The van der Waals surface area contributed by atoms with Gasteiger partial charge in [0.05, 0.1) is 25.4 Å². The fraction of sp³-hybridized carbons (Fsp3) is 0.924. The minimum atomic E-state index is -0.661. The number of unbranched alkanes of at least 4 members (excludes halogenated alkanes) is 59. The zero-order valence-corrected chi connectivity index (χ0v) is 57.9. The summed E-state index contributed by atoms with van der Waals surface area (Å²) in [5.74, 6) is -0.00764. The molecule has 0 aromatic rings. The van der Waals surface area contributed by atoms with E-state index in [1.54, 1.807) is 0 Å². The molecule has 1 amide bonds. The van der Waals surface area contributed by atoms with Crippen LogP contribution in [0.25, 0.3) is 0 Å². The van der Waals surface area contributed by atoms with Crippen molar-refractivity contribution in [3.63, 3.8) is 0 Å². The van der Waals surface area contributed by atoms with Gasteiger partial charge < -0.3 is 20.3 Å². The van der Waals surface area contributed by atoms with Gasteiger partial charge in [-0.2, -0.15) is 0 Å². The van der Waals surface area contributed by atoms with Crippen molar-refractivity contribution in [2.45, 2.75) is 456 Å². The first-order valence-corrected chi connectivity index (χ1v) is 39.1. The standard InChI is InChI=1S/C79H153NO5/c1-3-5-7-9-11-13-15-17-19-20-38-42-45-49-53-57-61-65-69-73-79(84)85-74-70-66-62-58-54-50-46-43-40-37-35-33-31-29-27-25-23-21-22-24-26-28-30-32-34-36-39-41-44-48-52-56-60-64-68-72-78(83)80-76(75-81)77(82)71-67-63-59-55-51-47-18-16-14-12-10-8-6-4-2/h17,19,23,25,76-77,81-82H,3-16,18,20-22,24,26-75H2,1-2H3,(H,80,83)/b19-17-,25-23-. The molecule has 0 aromatic carbocycles. The van der Waals surface area contributed by atoms with Crippen LogP contribution in [-0.2, 0) is 14.3 Å². The van der Waals surface area contributed by atoms with Gasteiger partial charge in [0.1, 0.15) is 0 Å². The van der Waals surface area contributed by atoms with Crippen molar-refractivity contribution in [3.05, 3.63) is 24.3 Å². The second-order valence-corrected chi connectivity index (χ2v) is 27.0. The van der Waals surface area contributed by atoms with Gasteiger partial charge in [0.25, 0.3) is 0 Å². The highest BCUT2D eigenvalue weighted by atomic mass is 16.5. The van der Waals surface area contributed by atoms with Gasteiger partial charge in [-0.25, -0.2) is 0 Å². The summed E-state index contributed by atoms with van der Waals surface area (Å²) < 4.78 is 5.52. The van der Waals surface area contributed by atoms with Crippen molar-refractivity contribution in [1.82, 2.24) is 5.32 Å². The van der Waals surface area contributed by atoms with Crippen LogP contribution in [0.3, 0.4) is 0 Å². The van der Waals surface area contributed by atoms with Crippen molar-refractivity contribution < 1.29 is 24.5 Å². The Bertz CT molecular complexity index is 1330. The number of amides is 1. The molecule has 6 heteroatoms. The fourth-order valence-corrected chi connectivity index (χ4v) is 12.5. The van der Waals surface area contributed by atoms with Gasteiger partial charge in [0.2, 0.25) is 5.91 Å². The predicted molar refractivity (Wildman–Crippen MR) is 375 cm³/mol. The Kier molecular flexibility index (Phi) is 73.3. The number of rotatable bonds is 74. The average molecular weight is 1200 g/mol. The van der Waals surface area contributed by atoms with Crippen LogP contribution in [0.2, 0.25) is 0 Å². The van der Waals surface area contributed by atoms with E-state index in [4.69, 9.17) is 4.74 Å². The monoisotopic (exact) mass is 1200 g/mol. The van der Waals surface area contributed by atoms with E-state index >= 15 is 0 Å². The maximum Gasteiger partial charge on any atom is 0.305 e. The molecule has 6 nitrogen and oxygen atoms in total. The Balaban J connectivity index is 3.31. The molecule has 0 aliphatic heterocycles. The topological polar surface area (TPSA) is 95.9 Å². The number of aliphatic hydroxyl groups is 2. The van der Waals surface area contributed by atoms with Crippen LogP contribution >= 0.6 is 0 Å². The number of carbonyl (C=O) groups is 2. The molecule has 504 valence electrons. The molecule has 0 fully saturated rings. The lowest BCUT2D eigenvalue weighted by Crippen LogP contribution is -2.45. The zero-order valence-electron chi connectivity index (χ0n) is 57.9.